The Bertz CT molecular complexity index is 1770. The van der Waals surface area contributed by atoms with Gasteiger partial charge in [0.25, 0.3) is 0 Å². The predicted molar refractivity (Wildman–Crippen MR) is 166 cm³/mol. The average molecular weight is 600 g/mol. The molecule has 0 aliphatic carbocycles. The highest BCUT2D eigenvalue weighted by molar-refractivity contribution is 5.94. The number of carbonyl (C=O) groups excluding carboxylic acids is 2. The maximum atomic E-state index is 14.3. The Morgan fingerprint density at radius 3 is 2.27 bits per heavy atom. The summed E-state index contributed by atoms with van der Waals surface area (Å²) >= 11 is 0. The van der Waals surface area contributed by atoms with Crippen LogP contribution in [0.2, 0.25) is 0 Å². The van der Waals surface area contributed by atoms with E-state index in [1.165, 1.54) is 0 Å². The average Bonchev–Trinajstić information content (AvgIpc) is 3.46. The minimum absolute atomic E-state index is 0.0905. The molecule has 0 saturated heterocycles. The van der Waals surface area contributed by atoms with Gasteiger partial charge in [-0.1, -0.05) is 19.1 Å². The molecule has 0 atom stereocenters. The highest BCUT2D eigenvalue weighted by Gasteiger charge is 2.26. The standard InChI is InChI=1S/C35H37NO8/c1-6-23-16-30-31(43-20-42-30)17-25(23)19-36-29-13-12-26(44-21(4)5)18-27(29)33(37)28(32(36)35(39)41-8-3)15-22-10-9-11-24(14-22)34(38)40-7-2/h9-14,16-18,21H,6-8,15,19-20H2,1-5H3. The van der Waals surface area contributed by atoms with Crippen LogP contribution in [-0.4, -0.2) is 42.6 Å². The quantitative estimate of drug-likeness (QED) is 0.191. The molecule has 1 aromatic heterocycles. The molecule has 1 aliphatic heterocycles. The molecule has 0 saturated carbocycles. The van der Waals surface area contributed by atoms with Crippen molar-refractivity contribution in [3.8, 4) is 17.2 Å². The zero-order valence-corrected chi connectivity index (χ0v) is 25.7. The van der Waals surface area contributed by atoms with E-state index in [1.807, 2.05) is 43.5 Å². The predicted octanol–water partition coefficient (Wildman–Crippen LogP) is 6.07. The Labute approximate surface area is 256 Å². The van der Waals surface area contributed by atoms with Crippen LogP contribution in [0.3, 0.4) is 0 Å². The van der Waals surface area contributed by atoms with E-state index < -0.39 is 11.9 Å². The van der Waals surface area contributed by atoms with Gasteiger partial charge in [-0.2, -0.15) is 0 Å². The van der Waals surface area contributed by atoms with Crippen molar-refractivity contribution in [1.29, 1.82) is 0 Å². The van der Waals surface area contributed by atoms with Crippen LogP contribution in [0.5, 0.6) is 17.2 Å². The van der Waals surface area contributed by atoms with Crippen LogP contribution in [0.4, 0.5) is 0 Å². The molecule has 0 amide bonds. The molecular formula is C35H37NO8. The van der Waals surface area contributed by atoms with Gasteiger partial charge in [-0.05, 0) is 93.3 Å². The molecule has 0 N–H and O–H groups in total. The first kappa shape index (κ1) is 30.7. The molecule has 3 aromatic carbocycles. The summed E-state index contributed by atoms with van der Waals surface area (Å²) < 4.78 is 29.8. The molecule has 1 aliphatic rings. The van der Waals surface area contributed by atoms with Crippen LogP contribution in [0.15, 0.2) is 59.4 Å². The van der Waals surface area contributed by atoms with E-state index in [1.54, 1.807) is 50.2 Å². The summed E-state index contributed by atoms with van der Waals surface area (Å²) in [6.07, 6.45) is 0.714. The number of fused-ring (bicyclic) bond motifs is 2. The normalized spacial score (nSPS) is 12.0. The summed E-state index contributed by atoms with van der Waals surface area (Å²) in [5.74, 6) is 0.792. The molecule has 0 fully saturated rings. The number of carbonyl (C=O) groups is 2. The second-order valence-corrected chi connectivity index (χ2v) is 10.7. The number of hydrogen-bond acceptors (Lipinski definition) is 8. The number of benzene rings is 3. The largest absolute Gasteiger partial charge is 0.491 e. The maximum Gasteiger partial charge on any atom is 0.355 e. The first-order valence-electron chi connectivity index (χ1n) is 14.9. The second kappa shape index (κ2) is 13.2. The number of ether oxygens (including phenoxy) is 5. The lowest BCUT2D eigenvalue weighted by atomic mass is 9.97. The number of esters is 2. The van der Waals surface area contributed by atoms with Crippen LogP contribution < -0.4 is 19.6 Å². The smallest absolute Gasteiger partial charge is 0.355 e. The van der Waals surface area contributed by atoms with Gasteiger partial charge in [0.15, 0.2) is 16.9 Å². The van der Waals surface area contributed by atoms with Gasteiger partial charge in [-0.25, -0.2) is 9.59 Å². The lowest BCUT2D eigenvalue weighted by Gasteiger charge is -2.22. The van der Waals surface area contributed by atoms with E-state index in [2.05, 4.69) is 0 Å². The summed E-state index contributed by atoms with van der Waals surface area (Å²) in [6.45, 7) is 10.1. The number of rotatable bonds is 11. The van der Waals surface area contributed by atoms with Gasteiger partial charge >= 0.3 is 11.9 Å². The minimum atomic E-state index is -0.607. The van der Waals surface area contributed by atoms with Crippen molar-refractivity contribution in [2.24, 2.45) is 0 Å². The molecule has 0 bridgehead atoms. The minimum Gasteiger partial charge on any atom is -0.491 e. The van der Waals surface area contributed by atoms with Crippen molar-refractivity contribution in [1.82, 2.24) is 4.57 Å². The molecule has 0 unspecified atom stereocenters. The van der Waals surface area contributed by atoms with Crippen LogP contribution in [-0.2, 0) is 28.9 Å². The topological polar surface area (TPSA) is 102 Å². The Morgan fingerprint density at radius 1 is 0.886 bits per heavy atom. The highest BCUT2D eigenvalue weighted by Crippen LogP contribution is 2.36. The SMILES string of the molecule is CCOC(=O)c1cccc(Cc2c(C(=O)OCC)n(Cc3cc4c(cc3CC)OCO4)c3ccc(OC(C)C)cc3c2=O)c1. The zero-order valence-electron chi connectivity index (χ0n) is 25.7. The fourth-order valence-corrected chi connectivity index (χ4v) is 5.49. The van der Waals surface area contributed by atoms with E-state index >= 15 is 0 Å². The Morgan fingerprint density at radius 2 is 1.59 bits per heavy atom. The fraction of sp³-hybridized carbons (Fsp3) is 0.343. The summed E-state index contributed by atoms with van der Waals surface area (Å²) in [7, 11) is 0. The van der Waals surface area contributed by atoms with Gasteiger partial charge in [0.2, 0.25) is 6.79 Å². The number of aryl methyl sites for hydroxylation is 1. The van der Waals surface area contributed by atoms with Gasteiger partial charge in [0.1, 0.15) is 11.4 Å². The summed E-state index contributed by atoms with van der Waals surface area (Å²) in [5.41, 5.74) is 3.67. The van der Waals surface area contributed by atoms with Crippen LogP contribution in [0.1, 0.15) is 77.7 Å². The van der Waals surface area contributed by atoms with Crippen LogP contribution in [0, 0.1) is 0 Å². The molecule has 5 rings (SSSR count). The van der Waals surface area contributed by atoms with E-state index in [4.69, 9.17) is 23.7 Å². The second-order valence-electron chi connectivity index (χ2n) is 10.7. The molecule has 2 heterocycles. The van der Waals surface area contributed by atoms with Gasteiger partial charge < -0.3 is 28.3 Å². The van der Waals surface area contributed by atoms with Crippen molar-refractivity contribution in [3.05, 3.63) is 98.3 Å². The summed E-state index contributed by atoms with van der Waals surface area (Å²) in [5, 5.41) is 0.409. The molecule has 4 aromatic rings. The van der Waals surface area contributed by atoms with Crippen molar-refractivity contribution in [3.63, 3.8) is 0 Å². The highest BCUT2D eigenvalue weighted by atomic mass is 16.7. The number of hydrogen-bond donors (Lipinski definition) is 0. The van der Waals surface area contributed by atoms with Crippen molar-refractivity contribution in [2.75, 3.05) is 20.0 Å². The third kappa shape index (κ3) is 6.27. The lowest BCUT2D eigenvalue weighted by Crippen LogP contribution is -2.26. The number of aromatic nitrogens is 1. The summed E-state index contributed by atoms with van der Waals surface area (Å²) in [6, 6.07) is 16.1. The molecule has 0 radical (unpaired) electrons. The molecule has 9 nitrogen and oxygen atoms in total. The Kier molecular flexibility index (Phi) is 9.23. The Balaban J connectivity index is 1.76. The van der Waals surface area contributed by atoms with Crippen molar-refractivity contribution < 1.29 is 33.3 Å². The van der Waals surface area contributed by atoms with E-state index in [0.717, 1.165) is 17.5 Å². The maximum absolute atomic E-state index is 14.3. The van der Waals surface area contributed by atoms with Crippen LogP contribution >= 0.6 is 0 Å². The van der Waals surface area contributed by atoms with Crippen LogP contribution in [0.25, 0.3) is 10.9 Å². The third-order valence-corrected chi connectivity index (χ3v) is 7.40. The molecule has 230 valence electrons. The molecule has 0 spiro atoms. The van der Waals surface area contributed by atoms with Gasteiger partial charge in [0, 0.05) is 23.9 Å². The molecular weight excluding hydrogens is 562 g/mol. The molecule has 44 heavy (non-hydrogen) atoms. The first-order valence-corrected chi connectivity index (χ1v) is 14.9. The Hall–Kier alpha value is -4.79. The number of nitrogens with zero attached hydrogens (tertiary/aromatic N) is 1. The zero-order chi connectivity index (χ0) is 31.4. The number of pyridine rings is 1. The van der Waals surface area contributed by atoms with E-state index in [0.29, 0.717) is 39.3 Å². The fourth-order valence-electron chi connectivity index (χ4n) is 5.49. The monoisotopic (exact) mass is 599 g/mol. The van der Waals surface area contributed by atoms with Gasteiger partial charge in [-0.3, -0.25) is 4.79 Å². The molecule has 9 heteroatoms. The third-order valence-electron chi connectivity index (χ3n) is 7.40. The van der Waals surface area contributed by atoms with E-state index in [9.17, 15) is 14.4 Å². The van der Waals surface area contributed by atoms with E-state index in [-0.39, 0.29) is 55.8 Å². The van der Waals surface area contributed by atoms with Gasteiger partial charge in [0.05, 0.1) is 30.4 Å². The van der Waals surface area contributed by atoms with Crippen molar-refractivity contribution in [2.45, 2.75) is 60.1 Å². The summed E-state index contributed by atoms with van der Waals surface area (Å²) in [4.78, 5) is 40.5. The first-order chi connectivity index (χ1) is 21.2. The van der Waals surface area contributed by atoms with Gasteiger partial charge in [-0.15, -0.1) is 0 Å². The lowest BCUT2D eigenvalue weighted by molar-refractivity contribution is 0.0507. The van der Waals surface area contributed by atoms with Crippen molar-refractivity contribution >= 4 is 22.8 Å².